The third-order valence-electron chi connectivity index (χ3n) is 6.92. The molecule has 0 unspecified atom stereocenters. The highest BCUT2D eigenvalue weighted by Crippen LogP contribution is 2.24. The first kappa shape index (κ1) is 33.1. The lowest BCUT2D eigenvalue weighted by atomic mass is 10.1. The average Bonchev–Trinajstić information content (AvgIpc) is 3.09. The monoisotopic (exact) mass is 661 g/mol. The average molecular weight is 662 g/mol. The van der Waals surface area contributed by atoms with Gasteiger partial charge in [-0.25, -0.2) is 0 Å². The summed E-state index contributed by atoms with van der Waals surface area (Å²) in [4.78, 5) is 39.8. The van der Waals surface area contributed by atoms with E-state index in [1.54, 1.807) is 54.6 Å². The van der Waals surface area contributed by atoms with Gasteiger partial charge in [0.2, 0.25) is 5.91 Å². The van der Waals surface area contributed by atoms with Crippen molar-refractivity contribution in [1.29, 1.82) is 0 Å². The normalized spacial score (nSPS) is 11.0. The molecule has 0 atom stereocenters. The molecule has 0 aromatic heterocycles. The van der Waals surface area contributed by atoms with E-state index in [2.05, 4.69) is 16.0 Å². The van der Waals surface area contributed by atoms with E-state index in [9.17, 15) is 14.4 Å². The maximum atomic E-state index is 13.4. The summed E-state index contributed by atoms with van der Waals surface area (Å²) in [7, 11) is 0. The molecule has 0 saturated heterocycles. The van der Waals surface area contributed by atoms with Crippen LogP contribution in [0.25, 0.3) is 6.08 Å². The van der Waals surface area contributed by atoms with Crippen LogP contribution in [0.2, 0.25) is 5.02 Å². The van der Waals surface area contributed by atoms with E-state index >= 15 is 0 Å². The predicted octanol–water partition coefficient (Wildman–Crippen LogP) is 8.37. The molecule has 0 aliphatic rings. The molecule has 0 aliphatic heterocycles. The second kappa shape index (κ2) is 16.3. The van der Waals surface area contributed by atoms with E-state index in [1.165, 1.54) is 11.8 Å². The van der Waals surface area contributed by atoms with Crippen LogP contribution < -0.4 is 20.7 Å². The van der Waals surface area contributed by atoms with Crippen molar-refractivity contribution in [2.24, 2.45) is 0 Å². The minimum Gasteiger partial charge on any atom is -0.489 e. The minimum absolute atomic E-state index is 0.0724. The molecule has 0 fully saturated rings. The van der Waals surface area contributed by atoms with Crippen LogP contribution in [0.4, 0.5) is 11.4 Å². The van der Waals surface area contributed by atoms with E-state index < -0.39 is 11.8 Å². The lowest BCUT2D eigenvalue weighted by Gasteiger charge is -2.12. The smallest absolute Gasteiger partial charge is 0.272 e. The molecule has 3 amide bonds. The Bertz CT molecular complexity index is 1860. The molecular weight excluding hydrogens is 630 g/mol. The quantitative estimate of drug-likeness (QED) is 0.0922. The van der Waals surface area contributed by atoms with Gasteiger partial charge in [-0.05, 0) is 90.4 Å². The maximum absolute atomic E-state index is 13.4. The van der Waals surface area contributed by atoms with Gasteiger partial charge in [0, 0.05) is 26.9 Å². The van der Waals surface area contributed by atoms with Crippen LogP contribution in [0.3, 0.4) is 0 Å². The SMILES string of the molecule is Cc1ccc(Cl)cc1NC(=O)CSc1ccc(NC(=O)/C(=C/c2ccc(OCc3ccccc3)cc2)NC(=O)c2ccccc2)cc1. The third-order valence-corrected chi connectivity index (χ3v) is 8.17. The summed E-state index contributed by atoms with van der Waals surface area (Å²) in [6, 6.07) is 38.3. The van der Waals surface area contributed by atoms with Gasteiger partial charge in [0.1, 0.15) is 18.1 Å². The molecule has 9 heteroatoms. The zero-order valence-corrected chi connectivity index (χ0v) is 27.1. The highest BCUT2D eigenvalue weighted by Gasteiger charge is 2.15. The van der Waals surface area contributed by atoms with Gasteiger partial charge in [0.15, 0.2) is 0 Å². The molecule has 0 saturated carbocycles. The number of benzene rings is 5. The molecule has 3 N–H and O–H groups in total. The molecule has 0 aliphatic carbocycles. The summed E-state index contributed by atoms with van der Waals surface area (Å²) in [5.41, 5.74) is 4.38. The van der Waals surface area contributed by atoms with Crippen molar-refractivity contribution in [3.8, 4) is 5.75 Å². The Morgan fingerprint density at radius 3 is 2.17 bits per heavy atom. The Morgan fingerprint density at radius 1 is 0.787 bits per heavy atom. The van der Waals surface area contributed by atoms with Gasteiger partial charge in [0.05, 0.1) is 5.75 Å². The highest BCUT2D eigenvalue weighted by molar-refractivity contribution is 8.00. The molecular formula is C38H32ClN3O4S. The van der Waals surface area contributed by atoms with Crippen molar-refractivity contribution in [2.75, 3.05) is 16.4 Å². The van der Waals surface area contributed by atoms with Gasteiger partial charge in [-0.3, -0.25) is 14.4 Å². The standard InChI is InChI=1S/C38H32ClN3O4S/c1-26-12-15-30(39)23-34(26)41-36(43)25-47-33-20-16-31(17-21-33)40-38(45)35(42-37(44)29-10-6-3-7-11-29)22-27-13-18-32(19-14-27)46-24-28-8-4-2-5-9-28/h2-23H,24-25H2,1H3,(H,40,45)(H,41,43)(H,42,44)/b35-22-. The number of amides is 3. The molecule has 5 rings (SSSR count). The summed E-state index contributed by atoms with van der Waals surface area (Å²) >= 11 is 7.42. The molecule has 236 valence electrons. The largest absolute Gasteiger partial charge is 0.489 e. The molecule has 7 nitrogen and oxygen atoms in total. The van der Waals surface area contributed by atoms with E-state index in [4.69, 9.17) is 16.3 Å². The number of carbonyl (C=O) groups excluding carboxylic acids is 3. The van der Waals surface area contributed by atoms with Crippen LogP contribution in [0.1, 0.15) is 27.0 Å². The molecule has 5 aromatic carbocycles. The van der Waals surface area contributed by atoms with E-state index in [1.807, 2.05) is 85.8 Å². The van der Waals surface area contributed by atoms with Crippen molar-refractivity contribution >= 4 is 58.5 Å². The van der Waals surface area contributed by atoms with Crippen LogP contribution >= 0.6 is 23.4 Å². The summed E-state index contributed by atoms with van der Waals surface area (Å²) < 4.78 is 5.88. The Kier molecular flexibility index (Phi) is 11.5. The minimum atomic E-state index is -0.490. The predicted molar refractivity (Wildman–Crippen MR) is 190 cm³/mol. The van der Waals surface area contributed by atoms with Crippen LogP contribution in [-0.2, 0) is 16.2 Å². The summed E-state index contributed by atoms with van der Waals surface area (Å²) in [5, 5.41) is 9.05. The number of rotatable bonds is 12. The number of hydrogen-bond donors (Lipinski definition) is 3. The lowest BCUT2D eigenvalue weighted by Crippen LogP contribution is -2.30. The van der Waals surface area contributed by atoms with E-state index in [0.29, 0.717) is 39.9 Å². The third kappa shape index (κ3) is 10.1. The number of halogens is 1. The Morgan fingerprint density at radius 2 is 1.47 bits per heavy atom. The number of hydrogen-bond acceptors (Lipinski definition) is 5. The maximum Gasteiger partial charge on any atom is 0.272 e. The van der Waals surface area contributed by atoms with Gasteiger partial charge in [-0.2, -0.15) is 0 Å². The van der Waals surface area contributed by atoms with Crippen molar-refractivity contribution < 1.29 is 19.1 Å². The van der Waals surface area contributed by atoms with Gasteiger partial charge in [-0.15, -0.1) is 11.8 Å². The van der Waals surface area contributed by atoms with Crippen molar-refractivity contribution in [3.63, 3.8) is 0 Å². The van der Waals surface area contributed by atoms with Gasteiger partial charge in [-0.1, -0.05) is 78.3 Å². The van der Waals surface area contributed by atoms with Crippen molar-refractivity contribution in [2.45, 2.75) is 18.4 Å². The summed E-state index contributed by atoms with van der Waals surface area (Å²) in [6.45, 7) is 2.34. The summed E-state index contributed by atoms with van der Waals surface area (Å²) in [6.07, 6.45) is 1.61. The molecule has 0 heterocycles. The topological polar surface area (TPSA) is 96.5 Å². The van der Waals surface area contributed by atoms with Gasteiger partial charge < -0.3 is 20.7 Å². The fourth-order valence-electron chi connectivity index (χ4n) is 4.41. The first-order chi connectivity index (χ1) is 22.8. The van der Waals surface area contributed by atoms with Crippen LogP contribution in [0.15, 0.2) is 138 Å². The van der Waals surface area contributed by atoms with E-state index in [-0.39, 0.29) is 17.4 Å². The van der Waals surface area contributed by atoms with Crippen LogP contribution in [-0.4, -0.2) is 23.5 Å². The van der Waals surface area contributed by atoms with Gasteiger partial charge in [0.25, 0.3) is 11.8 Å². The van der Waals surface area contributed by atoms with Gasteiger partial charge >= 0.3 is 0 Å². The highest BCUT2D eigenvalue weighted by atomic mass is 35.5. The van der Waals surface area contributed by atoms with Crippen molar-refractivity contribution in [3.05, 3.63) is 160 Å². The molecule has 0 radical (unpaired) electrons. The number of carbonyl (C=O) groups is 3. The molecule has 0 spiro atoms. The number of anilines is 2. The first-order valence-corrected chi connectivity index (χ1v) is 16.1. The van der Waals surface area contributed by atoms with Crippen LogP contribution in [0, 0.1) is 6.92 Å². The van der Waals surface area contributed by atoms with E-state index in [0.717, 1.165) is 16.0 Å². The van der Waals surface area contributed by atoms with Crippen LogP contribution in [0.5, 0.6) is 5.75 Å². The molecule has 47 heavy (non-hydrogen) atoms. The fourth-order valence-corrected chi connectivity index (χ4v) is 5.28. The second-order valence-corrected chi connectivity index (χ2v) is 12.0. The zero-order chi connectivity index (χ0) is 33.0. The Balaban J connectivity index is 1.23. The second-order valence-electron chi connectivity index (χ2n) is 10.5. The molecule has 0 bridgehead atoms. The zero-order valence-electron chi connectivity index (χ0n) is 25.5. The Hall–Kier alpha value is -5.31. The lowest BCUT2D eigenvalue weighted by molar-refractivity contribution is -0.114. The Labute approximate surface area is 283 Å². The number of ether oxygens (including phenoxy) is 1. The number of thioether (sulfide) groups is 1. The first-order valence-electron chi connectivity index (χ1n) is 14.8. The number of nitrogens with one attached hydrogen (secondary N) is 3. The summed E-state index contributed by atoms with van der Waals surface area (Å²) in [5.74, 6) is -0.174. The fraction of sp³-hybridized carbons (Fsp3) is 0.0789. The van der Waals surface area contributed by atoms with Crippen molar-refractivity contribution in [1.82, 2.24) is 5.32 Å². The number of aryl methyl sites for hydroxylation is 1. The molecule has 5 aromatic rings.